The summed E-state index contributed by atoms with van der Waals surface area (Å²) in [6, 6.07) is 0. The van der Waals surface area contributed by atoms with Gasteiger partial charge in [-0.1, -0.05) is 39.5 Å². The zero-order valence-corrected chi connectivity index (χ0v) is 7.19. The summed E-state index contributed by atoms with van der Waals surface area (Å²) in [6.07, 6.45) is 7.37. The van der Waals surface area contributed by atoms with E-state index in [-0.39, 0.29) is 5.48 Å². The molecule has 1 saturated carbocycles. The third kappa shape index (κ3) is 2.70. The number of rotatable bonds is 1. The Morgan fingerprint density at radius 2 is 2.00 bits per heavy atom. The van der Waals surface area contributed by atoms with Crippen molar-refractivity contribution in [3.63, 3.8) is 0 Å². The molecule has 0 aromatic carbocycles. The third-order valence-corrected chi connectivity index (χ3v) is 2.62. The predicted molar refractivity (Wildman–Crippen MR) is 45.0 cm³/mol. The van der Waals surface area contributed by atoms with Crippen molar-refractivity contribution < 1.29 is 5.48 Å². The van der Waals surface area contributed by atoms with Crippen LogP contribution in [0.4, 0.5) is 0 Å². The van der Waals surface area contributed by atoms with Gasteiger partial charge in [-0.2, -0.15) is 0 Å². The molecule has 1 aliphatic rings. The first-order chi connectivity index (χ1) is 4.33. The molecule has 0 bridgehead atoms. The lowest BCUT2D eigenvalue weighted by atomic mass is 9.81. The van der Waals surface area contributed by atoms with Gasteiger partial charge in [-0.3, -0.25) is 0 Å². The Labute approximate surface area is 64.1 Å². The van der Waals surface area contributed by atoms with Gasteiger partial charge in [-0.25, -0.2) is 0 Å². The van der Waals surface area contributed by atoms with Crippen molar-refractivity contribution in [2.24, 2.45) is 11.8 Å². The first kappa shape index (κ1) is 9.96. The lowest BCUT2D eigenvalue weighted by Gasteiger charge is -2.25. The fourth-order valence-electron chi connectivity index (χ4n) is 1.93. The van der Waals surface area contributed by atoms with Crippen LogP contribution in [0.2, 0.25) is 0 Å². The van der Waals surface area contributed by atoms with Gasteiger partial charge in [0.2, 0.25) is 0 Å². The SMILES string of the molecule is CCC1CCCC(C)C1.O. The summed E-state index contributed by atoms with van der Waals surface area (Å²) in [5, 5.41) is 0. The lowest BCUT2D eigenvalue weighted by molar-refractivity contribution is 0.276. The van der Waals surface area contributed by atoms with Crippen LogP contribution in [0.1, 0.15) is 46.0 Å². The van der Waals surface area contributed by atoms with E-state index in [0.29, 0.717) is 0 Å². The minimum Gasteiger partial charge on any atom is -0.412 e. The predicted octanol–water partition coefficient (Wildman–Crippen LogP) is 2.40. The minimum atomic E-state index is 0. The Kier molecular flexibility index (Phi) is 4.71. The zero-order valence-electron chi connectivity index (χ0n) is 7.19. The molecule has 2 N–H and O–H groups in total. The summed E-state index contributed by atoms with van der Waals surface area (Å²) in [4.78, 5) is 0. The van der Waals surface area contributed by atoms with Gasteiger partial charge in [-0.05, 0) is 18.3 Å². The van der Waals surface area contributed by atoms with Crippen LogP contribution in [-0.4, -0.2) is 5.48 Å². The van der Waals surface area contributed by atoms with E-state index < -0.39 is 0 Å². The maximum Gasteiger partial charge on any atom is -0.0414 e. The Morgan fingerprint density at radius 3 is 2.40 bits per heavy atom. The number of hydrogen-bond donors (Lipinski definition) is 0. The normalized spacial score (nSPS) is 33.0. The summed E-state index contributed by atoms with van der Waals surface area (Å²) in [5.74, 6) is 2.08. The molecule has 1 nitrogen and oxygen atoms in total. The van der Waals surface area contributed by atoms with Gasteiger partial charge >= 0.3 is 0 Å². The van der Waals surface area contributed by atoms with Gasteiger partial charge in [0.25, 0.3) is 0 Å². The van der Waals surface area contributed by atoms with Gasteiger partial charge in [0.05, 0.1) is 0 Å². The van der Waals surface area contributed by atoms with Crippen LogP contribution >= 0.6 is 0 Å². The molecule has 0 aromatic heterocycles. The molecule has 1 fully saturated rings. The summed E-state index contributed by atoms with van der Waals surface area (Å²) in [6.45, 7) is 4.71. The van der Waals surface area contributed by atoms with Crippen molar-refractivity contribution in [3.8, 4) is 0 Å². The summed E-state index contributed by atoms with van der Waals surface area (Å²) in [7, 11) is 0. The van der Waals surface area contributed by atoms with E-state index in [4.69, 9.17) is 0 Å². The molecule has 0 heterocycles. The van der Waals surface area contributed by atoms with E-state index >= 15 is 0 Å². The molecule has 1 aliphatic carbocycles. The van der Waals surface area contributed by atoms with E-state index in [1.165, 1.54) is 32.1 Å². The maximum absolute atomic E-state index is 2.39. The van der Waals surface area contributed by atoms with Crippen LogP contribution in [0.15, 0.2) is 0 Å². The molecule has 0 saturated heterocycles. The second-order valence-corrected chi connectivity index (χ2v) is 3.55. The van der Waals surface area contributed by atoms with Crippen LogP contribution < -0.4 is 0 Å². The fraction of sp³-hybridized carbons (Fsp3) is 1.00. The molecule has 1 heteroatoms. The van der Waals surface area contributed by atoms with Crippen LogP contribution in [0, 0.1) is 11.8 Å². The molecule has 1 rings (SSSR count). The standard InChI is InChI=1S/C9H18.H2O/c1-3-9-6-4-5-8(2)7-9;/h8-9H,3-7H2,1-2H3;1H2. The Balaban J connectivity index is 0.000000810. The van der Waals surface area contributed by atoms with E-state index in [1.54, 1.807) is 0 Å². The lowest BCUT2D eigenvalue weighted by Crippen LogP contribution is -2.11. The highest BCUT2D eigenvalue weighted by Crippen LogP contribution is 2.29. The number of hydrogen-bond acceptors (Lipinski definition) is 0. The topological polar surface area (TPSA) is 31.5 Å². The molecule has 62 valence electrons. The highest BCUT2D eigenvalue weighted by molar-refractivity contribution is 4.68. The van der Waals surface area contributed by atoms with Gasteiger partial charge in [0, 0.05) is 0 Å². The fourth-order valence-corrected chi connectivity index (χ4v) is 1.93. The highest BCUT2D eigenvalue weighted by atomic mass is 16.0. The average molecular weight is 144 g/mol. The first-order valence-corrected chi connectivity index (χ1v) is 4.33. The van der Waals surface area contributed by atoms with Crippen LogP contribution in [0.3, 0.4) is 0 Å². The smallest absolute Gasteiger partial charge is 0.0414 e. The Hall–Kier alpha value is -0.0400. The zero-order chi connectivity index (χ0) is 6.69. The largest absolute Gasteiger partial charge is 0.412 e. The quantitative estimate of drug-likeness (QED) is 0.541. The van der Waals surface area contributed by atoms with Crippen molar-refractivity contribution in [1.29, 1.82) is 0 Å². The maximum atomic E-state index is 2.39. The molecule has 0 amide bonds. The van der Waals surface area contributed by atoms with Crippen LogP contribution in [0.25, 0.3) is 0 Å². The molecular formula is C9H20O. The molecule has 10 heavy (non-hydrogen) atoms. The highest BCUT2D eigenvalue weighted by Gasteiger charge is 2.16. The van der Waals surface area contributed by atoms with Gasteiger partial charge in [0.1, 0.15) is 0 Å². The molecule has 0 aliphatic heterocycles. The summed E-state index contributed by atoms with van der Waals surface area (Å²) in [5.41, 5.74) is 0. The second kappa shape index (κ2) is 4.73. The van der Waals surface area contributed by atoms with Crippen LogP contribution in [0.5, 0.6) is 0 Å². The Morgan fingerprint density at radius 1 is 1.30 bits per heavy atom. The van der Waals surface area contributed by atoms with Crippen molar-refractivity contribution in [1.82, 2.24) is 0 Å². The monoisotopic (exact) mass is 144 g/mol. The van der Waals surface area contributed by atoms with E-state index in [0.717, 1.165) is 11.8 Å². The van der Waals surface area contributed by atoms with E-state index in [1.807, 2.05) is 0 Å². The van der Waals surface area contributed by atoms with Crippen molar-refractivity contribution in [2.75, 3.05) is 0 Å². The Bertz CT molecular complexity index is 80.8. The van der Waals surface area contributed by atoms with Gasteiger partial charge < -0.3 is 5.48 Å². The third-order valence-electron chi connectivity index (χ3n) is 2.62. The van der Waals surface area contributed by atoms with E-state index in [9.17, 15) is 0 Å². The van der Waals surface area contributed by atoms with Gasteiger partial charge in [0.15, 0.2) is 0 Å². The molecule has 0 aromatic rings. The molecule has 0 radical (unpaired) electrons. The molecule has 2 atom stereocenters. The molecular weight excluding hydrogens is 124 g/mol. The summed E-state index contributed by atoms with van der Waals surface area (Å²) < 4.78 is 0. The van der Waals surface area contributed by atoms with Crippen molar-refractivity contribution in [2.45, 2.75) is 46.0 Å². The van der Waals surface area contributed by atoms with Crippen LogP contribution in [-0.2, 0) is 0 Å². The van der Waals surface area contributed by atoms with Crippen molar-refractivity contribution in [3.05, 3.63) is 0 Å². The second-order valence-electron chi connectivity index (χ2n) is 3.55. The molecule has 2 unspecified atom stereocenters. The first-order valence-electron chi connectivity index (χ1n) is 4.33. The van der Waals surface area contributed by atoms with Gasteiger partial charge in [-0.15, -0.1) is 0 Å². The average Bonchev–Trinajstić information content (AvgIpc) is 1.88. The van der Waals surface area contributed by atoms with Crippen molar-refractivity contribution >= 4 is 0 Å². The molecule has 0 spiro atoms. The van der Waals surface area contributed by atoms with E-state index in [2.05, 4.69) is 13.8 Å². The minimum absolute atomic E-state index is 0. The summed E-state index contributed by atoms with van der Waals surface area (Å²) >= 11 is 0.